The molecule has 2 aromatic rings. The highest BCUT2D eigenvalue weighted by atomic mass is 32.1. The fourth-order valence-corrected chi connectivity index (χ4v) is 4.80. The average molecular weight is 395 g/mol. The van der Waals surface area contributed by atoms with Crippen molar-refractivity contribution in [1.82, 2.24) is 4.98 Å². The van der Waals surface area contributed by atoms with Gasteiger partial charge in [-0.05, 0) is 25.2 Å². The summed E-state index contributed by atoms with van der Waals surface area (Å²) >= 11 is 1.06. The molecule has 8 heteroatoms. The van der Waals surface area contributed by atoms with E-state index in [1.54, 1.807) is 5.38 Å². The van der Waals surface area contributed by atoms with Crippen molar-refractivity contribution in [2.75, 3.05) is 5.01 Å². The summed E-state index contributed by atoms with van der Waals surface area (Å²) in [6.07, 6.45) is -2.46. The second kappa shape index (κ2) is 6.60. The predicted octanol–water partition coefficient (Wildman–Crippen LogP) is 5.06. The summed E-state index contributed by atoms with van der Waals surface area (Å²) in [5, 5.41) is 17.5. The van der Waals surface area contributed by atoms with Crippen LogP contribution in [0.15, 0.2) is 40.8 Å². The smallest absolute Gasteiger partial charge is 0.362 e. The van der Waals surface area contributed by atoms with Crippen LogP contribution in [0.5, 0.6) is 0 Å². The molecule has 1 aromatic carbocycles. The van der Waals surface area contributed by atoms with Gasteiger partial charge in [0.1, 0.15) is 0 Å². The Balaban J connectivity index is 1.73. The number of fused-ring (bicyclic) bond motifs is 1. The SMILES string of the molecule is CC[C@@H]1CCC2=NN(c3nc(-c4ccccc4)cs3)[C@@](O)(C(F)(F)F)[C@H]2C1. The lowest BCUT2D eigenvalue weighted by atomic mass is 9.74. The summed E-state index contributed by atoms with van der Waals surface area (Å²) in [5.74, 6) is -0.876. The molecule has 0 saturated heterocycles. The van der Waals surface area contributed by atoms with Crippen LogP contribution in [0, 0.1) is 11.8 Å². The van der Waals surface area contributed by atoms with Gasteiger partial charge in [-0.3, -0.25) is 0 Å². The largest absolute Gasteiger partial charge is 0.439 e. The Morgan fingerprint density at radius 2 is 2.04 bits per heavy atom. The number of benzene rings is 1. The van der Waals surface area contributed by atoms with Crippen LogP contribution >= 0.6 is 11.3 Å². The van der Waals surface area contributed by atoms with Crippen LogP contribution in [0.2, 0.25) is 0 Å². The minimum atomic E-state index is -4.84. The maximum Gasteiger partial charge on any atom is 0.439 e. The van der Waals surface area contributed by atoms with Crippen molar-refractivity contribution in [1.29, 1.82) is 0 Å². The van der Waals surface area contributed by atoms with Gasteiger partial charge in [-0.25, -0.2) is 4.98 Å². The minimum absolute atomic E-state index is 0.0589. The first-order valence-corrected chi connectivity index (χ1v) is 9.90. The molecule has 2 heterocycles. The van der Waals surface area contributed by atoms with E-state index in [-0.39, 0.29) is 11.0 Å². The Kier molecular flexibility index (Phi) is 4.50. The number of alkyl halides is 3. The van der Waals surface area contributed by atoms with Gasteiger partial charge < -0.3 is 5.11 Å². The molecule has 0 bridgehead atoms. The number of aromatic nitrogens is 1. The van der Waals surface area contributed by atoms with Crippen molar-refractivity contribution in [3.63, 3.8) is 0 Å². The summed E-state index contributed by atoms with van der Waals surface area (Å²) in [7, 11) is 0. The van der Waals surface area contributed by atoms with Crippen LogP contribution in [0.4, 0.5) is 18.3 Å². The highest BCUT2D eigenvalue weighted by Crippen LogP contribution is 2.51. The highest BCUT2D eigenvalue weighted by molar-refractivity contribution is 7.14. The number of nitrogens with zero attached hydrogens (tertiary/aromatic N) is 3. The van der Waals surface area contributed by atoms with Crippen molar-refractivity contribution in [2.24, 2.45) is 16.9 Å². The van der Waals surface area contributed by atoms with Gasteiger partial charge in [0.15, 0.2) is 0 Å². The van der Waals surface area contributed by atoms with Gasteiger partial charge in [0, 0.05) is 16.7 Å². The lowest BCUT2D eigenvalue weighted by molar-refractivity contribution is -0.270. The van der Waals surface area contributed by atoms with Gasteiger partial charge in [0.05, 0.1) is 11.6 Å². The quantitative estimate of drug-likeness (QED) is 0.790. The zero-order valence-corrected chi connectivity index (χ0v) is 15.6. The van der Waals surface area contributed by atoms with E-state index in [1.165, 1.54) is 0 Å². The number of rotatable bonds is 3. The lowest BCUT2D eigenvalue weighted by Crippen LogP contribution is -2.60. The van der Waals surface area contributed by atoms with E-state index >= 15 is 0 Å². The van der Waals surface area contributed by atoms with Crippen LogP contribution in [-0.2, 0) is 0 Å². The third-order valence-corrected chi connectivity index (χ3v) is 6.37. The fourth-order valence-electron chi connectivity index (χ4n) is 3.96. The zero-order valence-electron chi connectivity index (χ0n) is 14.8. The van der Waals surface area contributed by atoms with E-state index in [2.05, 4.69) is 10.1 Å². The Labute approximate surface area is 159 Å². The van der Waals surface area contributed by atoms with E-state index in [1.807, 2.05) is 37.3 Å². The molecule has 0 amide bonds. The number of hydrogen-bond acceptors (Lipinski definition) is 5. The summed E-state index contributed by atoms with van der Waals surface area (Å²) in [5.41, 5.74) is -1.23. The molecule has 1 fully saturated rings. The van der Waals surface area contributed by atoms with Gasteiger partial charge in [-0.2, -0.15) is 23.3 Å². The number of anilines is 1. The number of halogens is 3. The van der Waals surface area contributed by atoms with Crippen molar-refractivity contribution in [2.45, 2.75) is 44.5 Å². The number of hydrazone groups is 1. The first-order chi connectivity index (χ1) is 12.8. The van der Waals surface area contributed by atoms with Crippen molar-refractivity contribution in [3.8, 4) is 11.3 Å². The van der Waals surface area contributed by atoms with E-state index in [9.17, 15) is 18.3 Å². The third-order valence-electron chi connectivity index (χ3n) is 5.55. The van der Waals surface area contributed by atoms with Crippen LogP contribution in [-0.4, -0.2) is 27.7 Å². The number of aliphatic hydroxyl groups is 1. The molecule has 1 N–H and O–H groups in total. The molecule has 4 rings (SSSR count). The predicted molar refractivity (Wildman–Crippen MR) is 99.6 cm³/mol. The topological polar surface area (TPSA) is 48.7 Å². The first-order valence-electron chi connectivity index (χ1n) is 9.02. The highest BCUT2D eigenvalue weighted by Gasteiger charge is 2.68. The molecule has 0 spiro atoms. The van der Waals surface area contributed by atoms with Gasteiger partial charge in [0.2, 0.25) is 5.13 Å². The summed E-state index contributed by atoms with van der Waals surface area (Å²) < 4.78 is 42.1. The molecule has 0 unspecified atom stereocenters. The minimum Gasteiger partial charge on any atom is -0.362 e. The number of thiazole rings is 1. The molecule has 1 aliphatic heterocycles. The van der Waals surface area contributed by atoms with Gasteiger partial charge in [-0.1, -0.05) is 43.7 Å². The molecular weight excluding hydrogens is 375 g/mol. The van der Waals surface area contributed by atoms with E-state index in [0.29, 0.717) is 29.3 Å². The van der Waals surface area contributed by atoms with Crippen LogP contribution < -0.4 is 5.01 Å². The van der Waals surface area contributed by atoms with Gasteiger partial charge in [-0.15, -0.1) is 11.3 Å². The molecule has 4 nitrogen and oxygen atoms in total. The lowest BCUT2D eigenvalue weighted by Gasteiger charge is -2.39. The molecule has 0 radical (unpaired) electrons. The van der Waals surface area contributed by atoms with Crippen LogP contribution in [0.1, 0.15) is 32.6 Å². The second-order valence-electron chi connectivity index (χ2n) is 7.11. The monoisotopic (exact) mass is 395 g/mol. The molecule has 1 aliphatic carbocycles. The molecule has 144 valence electrons. The van der Waals surface area contributed by atoms with Crippen LogP contribution in [0.3, 0.4) is 0 Å². The molecule has 2 aliphatic rings. The Morgan fingerprint density at radius 3 is 2.70 bits per heavy atom. The van der Waals surface area contributed by atoms with E-state index < -0.39 is 17.8 Å². The average Bonchev–Trinajstić information content (AvgIpc) is 3.25. The van der Waals surface area contributed by atoms with Gasteiger partial charge >= 0.3 is 6.18 Å². The third kappa shape index (κ3) is 2.95. The molecule has 1 saturated carbocycles. The fraction of sp³-hybridized carbons (Fsp3) is 0.474. The Bertz CT molecular complexity index is 851. The standard InChI is InChI=1S/C19H20F3N3OS/c1-2-12-8-9-15-14(10-12)18(26,19(20,21)22)25(24-15)17-23-16(11-27-17)13-6-4-3-5-7-13/h3-7,11-12,14,26H,2,8-10H2,1H3/t12-,14+,18+/m1/s1. The van der Waals surface area contributed by atoms with E-state index in [4.69, 9.17) is 0 Å². The summed E-state index contributed by atoms with van der Waals surface area (Å²) in [6.45, 7) is 1.97. The van der Waals surface area contributed by atoms with Gasteiger partial charge in [0.25, 0.3) is 5.72 Å². The Hall–Kier alpha value is -1.93. The normalized spacial score (nSPS) is 28.2. The zero-order chi connectivity index (χ0) is 19.2. The number of hydrogen-bond donors (Lipinski definition) is 1. The first kappa shape index (κ1) is 18.4. The maximum absolute atomic E-state index is 14.0. The maximum atomic E-state index is 14.0. The Morgan fingerprint density at radius 1 is 1.30 bits per heavy atom. The summed E-state index contributed by atoms with van der Waals surface area (Å²) in [4.78, 5) is 4.35. The second-order valence-corrected chi connectivity index (χ2v) is 7.95. The van der Waals surface area contributed by atoms with E-state index in [0.717, 1.165) is 29.7 Å². The van der Waals surface area contributed by atoms with Crippen molar-refractivity contribution >= 4 is 22.2 Å². The molecule has 3 atom stereocenters. The van der Waals surface area contributed by atoms with Crippen molar-refractivity contribution in [3.05, 3.63) is 35.7 Å². The molecular formula is C19H20F3N3OS. The summed E-state index contributed by atoms with van der Waals surface area (Å²) in [6, 6.07) is 9.24. The van der Waals surface area contributed by atoms with Crippen molar-refractivity contribution < 1.29 is 18.3 Å². The molecule has 27 heavy (non-hydrogen) atoms. The molecule has 1 aromatic heterocycles. The van der Waals surface area contributed by atoms with Crippen LogP contribution in [0.25, 0.3) is 11.3 Å².